The molecule has 0 aromatic heterocycles. The van der Waals surface area contributed by atoms with E-state index in [9.17, 15) is 4.79 Å². The van der Waals surface area contributed by atoms with Crippen molar-refractivity contribution >= 4 is 11.9 Å². The first kappa shape index (κ1) is 24.3. The van der Waals surface area contributed by atoms with E-state index in [0.29, 0.717) is 12.3 Å². The summed E-state index contributed by atoms with van der Waals surface area (Å²) < 4.78 is 10.9. The fourth-order valence-electron chi connectivity index (χ4n) is 4.60. The van der Waals surface area contributed by atoms with E-state index in [-0.39, 0.29) is 12.0 Å². The summed E-state index contributed by atoms with van der Waals surface area (Å²) in [5.41, 5.74) is 6.47. The number of hydrogen-bond acceptors (Lipinski definition) is 5. The predicted octanol–water partition coefficient (Wildman–Crippen LogP) is 1.89. The van der Waals surface area contributed by atoms with Gasteiger partial charge in [0, 0.05) is 38.1 Å². The molecule has 2 fully saturated rings. The monoisotopic (exact) mass is 445 g/mol. The lowest BCUT2D eigenvalue weighted by atomic mass is 9.73. The van der Waals surface area contributed by atoms with Gasteiger partial charge < -0.3 is 25.8 Å². The average Bonchev–Trinajstić information content (AvgIpc) is 2.81. The van der Waals surface area contributed by atoms with Crippen LogP contribution in [0.1, 0.15) is 44.6 Å². The number of primary amides is 1. The van der Waals surface area contributed by atoms with Crippen molar-refractivity contribution in [1.82, 2.24) is 15.5 Å². The number of nitrogens with one attached hydrogen (secondary N) is 2. The fourth-order valence-corrected chi connectivity index (χ4v) is 4.60. The highest BCUT2D eigenvalue weighted by Gasteiger charge is 2.34. The van der Waals surface area contributed by atoms with Gasteiger partial charge in [-0.25, -0.2) is 4.99 Å². The third-order valence-corrected chi connectivity index (χ3v) is 6.25. The van der Waals surface area contributed by atoms with Crippen LogP contribution in [0.15, 0.2) is 29.3 Å². The number of nitrogens with two attached hydrogens (primary N) is 1. The molecule has 1 saturated heterocycles. The summed E-state index contributed by atoms with van der Waals surface area (Å²) in [6, 6.07) is 7.63. The number of carbonyl (C=O) groups excluding carboxylic acids is 1. The third-order valence-electron chi connectivity index (χ3n) is 6.25. The molecule has 1 aromatic rings. The first-order valence-corrected chi connectivity index (χ1v) is 11.9. The summed E-state index contributed by atoms with van der Waals surface area (Å²) in [6.07, 6.45) is 6.47. The van der Waals surface area contributed by atoms with Crippen LogP contribution in [0.5, 0.6) is 5.75 Å². The molecule has 178 valence electrons. The molecule has 2 aliphatic rings. The Hall–Kier alpha value is -2.32. The van der Waals surface area contributed by atoms with Gasteiger partial charge in [-0.1, -0.05) is 31.4 Å². The molecule has 0 spiro atoms. The van der Waals surface area contributed by atoms with E-state index in [0.717, 1.165) is 57.5 Å². The van der Waals surface area contributed by atoms with Crippen LogP contribution in [0.25, 0.3) is 0 Å². The minimum atomic E-state index is -0.485. The van der Waals surface area contributed by atoms with E-state index >= 15 is 0 Å². The van der Waals surface area contributed by atoms with Crippen LogP contribution in [-0.2, 0) is 16.1 Å². The molecule has 3 rings (SSSR count). The summed E-state index contributed by atoms with van der Waals surface area (Å²) in [6.45, 7) is 9.10. The van der Waals surface area contributed by atoms with Crippen LogP contribution < -0.4 is 21.1 Å². The van der Waals surface area contributed by atoms with Crippen LogP contribution in [0, 0.1) is 5.41 Å². The second-order valence-corrected chi connectivity index (χ2v) is 8.90. The maximum absolute atomic E-state index is 10.9. The first-order chi connectivity index (χ1) is 15.6. The quantitative estimate of drug-likeness (QED) is 0.376. The molecule has 1 amide bonds. The number of ether oxygens (including phenoxy) is 2. The van der Waals surface area contributed by atoms with E-state index in [4.69, 9.17) is 20.2 Å². The van der Waals surface area contributed by atoms with Crippen molar-refractivity contribution in [1.29, 1.82) is 0 Å². The summed E-state index contributed by atoms with van der Waals surface area (Å²) in [4.78, 5) is 18.3. The van der Waals surface area contributed by atoms with Gasteiger partial charge in [-0.3, -0.25) is 9.69 Å². The molecule has 1 aromatic carbocycles. The lowest BCUT2D eigenvalue weighted by Gasteiger charge is -2.42. The highest BCUT2D eigenvalue weighted by atomic mass is 16.5. The van der Waals surface area contributed by atoms with Gasteiger partial charge in [-0.15, -0.1) is 0 Å². The number of benzene rings is 1. The van der Waals surface area contributed by atoms with Gasteiger partial charge in [-0.2, -0.15) is 0 Å². The Morgan fingerprint density at radius 1 is 1.22 bits per heavy atom. The Morgan fingerprint density at radius 2 is 2.00 bits per heavy atom. The standard InChI is InChI=1S/C24H39N5O3/c1-2-26-23(27-16-20-7-6-8-21(15-20)32-17-22(25)30)28-18-24(9-4-3-5-10-24)19-29-11-13-31-14-12-29/h6-8,15H,2-5,9-14,16-19H2,1H3,(H2,25,30)(H2,26,27,28). The minimum Gasteiger partial charge on any atom is -0.484 e. The molecular formula is C24H39N5O3. The first-order valence-electron chi connectivity index (χ1n) is 11.9. The van der Waals surface area contributed by atoms with Crippen LogP contribution >= 0.6 is 0 Å². The molecule has 1 saturated carbocycles. The van der Waals surface area contributed by atoms with Gasteiger partial charge in [0.2, 0.25) is 0 Å². The number of amides is 1. The third kappa shape index (κ3) is 7.98. The lowest BCUT2D eigenvalue weighted by Crippen LogP contribution is -2.51. The second kappa shape index (κ2) is 12.6. The molecule has 1 aliphatic carbocycles. The van der Waals surface area contributed by atoms with E-state index in [2.05, 4.69) is 22.5 Å². The van der Waals surface area contributed by atoms with Crippen LogP contribution in [0.3, 0.4) is 0 Å². The van der Waals surface area contributed by atoms with Crippen molar-refractivity contribution in [2.24, 2.45) is 16.1 Å². The van der Waals surface area contributed by atoms with Gasteiger partial charge in [0.15, 0.2) is 12.6 Å². The van der Waals surface area contributed by atoms with Gasteiger partial charge in [0.05, 0.1) is 19.8 Å². The highest BCUT2D eigenvalue weighted by molar-refractivity contribution is 5.79. The molecule has 4 N–H and O–H groups in total. The lowest BCUT2D eigenvalue weighted by molar-refractivity contribution is -0.119. The number of nitrogens with zero attached hydrogens (tertiary/aromatic N) is 2. The molecule has 32 heavy (non-hydrogen) atoms. The van der Waals surface area contributed by atoms with Crippen molar-refractivity contribution < 1.29 is 14.3 Å². The molecule has 0 radical (unpaired) electrons. The van der Waals surface area contributed by atoms with Gasteiger partial charge in [0.25, 0.3) is 5.91 Å². The number of guanidine groups is 1. The number of rotatable bonds is 10. The van der Waals surface area contributed by atoms with E-state index in [1.165, 1.54) is 32.1 Å². The van der Waals surface area contributed by atoms with Crippen molar-refractivity contribution in [2.75, 3.05) is 52.5 Å². The molecule has 8 heteroatoms. The minimum absolute atomic E-state index is 0.123. The largest absolute Gasteiger partial charge is 0.484 e. The fraction of sp³-hybridized carbons (Fsp3) is 0.667. The second-order valence-electron chi connectivity index (χ2n) is 8.90. The van der Waals surface area contributed by atoms with Gasteiger partial charge in [0.1, 0.15) is 5.75 Å². The summed E-state index contributed by atoms with van der Waals surface area (Å²) in [5.74, 6) is 0.977. The van der Waals surface area contributed by atoms with Crippen LogP contribution in [0.2, 0.25) is 0 Å². The molecule has 8 nitrogen and oxygen atoms in total. The van der Waals surface area contributed by atoms with Crippen molar-refractivity contribution in [3.63, 3.8) is 0 Å². The summed E-state index contributed by atoms with van der Waals surface area (Å²) in [5, 5.41) is 7.02. The van der Waals surface area contributed by atoms with E-state index in [1.807, 2.05) is 24.3 Å². The SMILES string of the molecule is CCNC(=NCc1cccc(OCC(N)=O)c1)NCC1(CN2CCOCC2)CCCCC1. The van der Waals surface area contributed by atoms with Gasteiger partial charge in [-0.05, 0) is 37.5 Å². The maximum Gasteiger partial charge on any atom is 0.255 e. The van der Waals surface area contributed by atoms with Crippen molar-refractivity contribution in [3.05, 3.63) is 29.8 Å². The topological polar surface area (TPSA) is 101 Å². The van der Waals surface area contributed by atoms with Gasteiger partial charge >= 0.3 is 0 Å². The molecule has 0 bridgehead atoms. The summed E-state index contributed by atoms with van der Waals surface area (Å²) in [7, 11) is 0. The highest BCUT2D eigenvalue weighted by Crippen LogP contribution is 2.36. The van der Waals surface area contributed by atoms with Crippen LogP contribution in [0.4, 0.5) is 0 Å². The zero-order valence-corrected chi connectivity index (χ0v) is 19.4. The molecule has 0 atom stereocenters. The Kier molecular flexibility index (Phi) is 9.62. The smallest absolute Gasteiger partial charge is 0.255 e. The van der Waals surface area contributed by atoms with Crippen molar-refractivity contribution in [3.8, 4) is 5.75 Å². The molecule has 0 unspecified atom stereocenters. The Balaban J connectivity index is 1.60. The average molecular weight is 446 g/mol. The zero-order valence-electron chi connectivity index (χ0n) is 19.4. The van der Waals surface area contributed by atoms with E-state index in [1.54, 1.807) is 0 Å². The maximum atomic E-state index is 10.9. The normalized spacial score (nSPS) is 19.3. The number of morpholine rings is 1. The van der Waals surface area contributed by atoms with Crippen molar-refractivity contribution in [2.45, 2.75) is 45.6 Å². The Bertz CT molecular complexity index is 743. The molecule has 1 heterocycles. The predicted molar refractivity (Wildman–Crippen MR) is 127 cm³/mol. The number of carbonyl (C=O) groups is 1. The summed E-state index contributed by atoms with van der Waals surface area (Å²) >= 11 is 0. The zero-order chi connectivity index (χ0) is 22.7. The Labute approximate surface area is 191 Å². The van der Waals surface area contributed by atoms with Crippen LogP contribution in [-0.4, -0.2) is 69.3 Å². The molecular weight excluding hydrogens is 406 g/mol. The number of aliphatic imine (C=N–C) groups is 1. The number of hydrogen-bond donors (Lipinski definition) is 3. The van der Waals surface area contributed by atoms with E-state index < -0.39 is 5.91 Å². The Morgan fingerprint density at radius 3 is 2.72 bits per heavy atom. The molecule has 1 aliphatic heterocycles.